The summed E-state index contributed by atoms with van der Waals surface area (Å²) in [6.07, 6.45) is 2.70. The summed E-state index contributed by atoms with van der Waals surface area (Å²) in [4.78, 5) is 29.2. The van der Waals surface area contributed by atoms with Gasteiger partial charge in [0.05, 0.1) is 11.3 Å². The van der Waals surface area contributed by atoms with Gasteiger partial charge in [-0.1, -0.05) is 36.4 Å². The number of amides is 2. The summed E-state index contributed by atoms with van der Waals surface area (Å²) in [5.74, 6) is 0.252. The first kappa shape index (κ1) is 20.3. The van der Waals surface area contributed by atoms with Crippen molar-refractivity contribution in [2.75, 3.05) is 17.2 Å². The van der Waals surface area contributed by atoms with Crippen LogP contribution in [0.1, 0.15) is 23.7 Å². The highest BCUT2D eigenvalue weighted by atomic mass is 16.2. The number of nitrogens with zero attached hydrogens (tertiary/aromatic N) is 3. The number of benzene rings is 2. The number of aryl methyl sites for hydroxylation is 1. The first-order valence-electron chi connectivity index (χ1n) is 10.0. The van der Waals surface area contributed by atoms with E-state index in [0.717, 1.165) is 29.9 Å². The van der Waals surface area contributed by atoms with Gasteiger partial charge in [0.1, 0.15) is 5.82 Å². The van der Waals surface area contributed by atoms with Crippen LogP contribution in [0.5, 0.6) is 0 Å². The smallest absolute Gasteiger partial charge is 0.257 e. The number of aliphatic imine (C=N–C) groups is 1. The van der Waals surface area contributed by atoms with Crippen molar-refractivity contribution < 1.29 is 9.59 Å². The summed E-state index contributed by atoms with van der Waals surface area (Å²) in [6.45, 7) is 2.58. The molecule has 0 saturated carbocycles. The van der Waals surface area contributed by atoms with Gasteiger partial charge in [0.2, 0.25) is 0 Å². The van der Waals surface area contributed by atoms with Gasteiger partial charge in [-0.25, -0.2) is 0 Å². The van der Waals surface area contributed by atoms with Crippen LogP contribution in [-0.4, -0.2) is 33.9 Å². The van der Waals surface area contributed by atoms with Crippen molar-refractivity contribution in [1.29, 1.82) is 0 Å². The van der Waals surface area contributed by atoms with Crippen LogP contribution in [0.3, 0.4) is 0 Å². The van der Waals surface area contributed by atoms with Crippen molar-refractivity contribution >= 4 is 29.0 Å². The van der Waals surface area contributed by atoms with Gasteiger partial charge >= 0.3 is 0 Å². The van der Waals surface area contributed by atoms with Gasteiger partial charge < -0.3 is 10.6 Å². The van der Waals surface area contributed by atoms with Crippen molar-refractivity contribution in [3.05, 3.63) is 77.9 Å². The van der Waals surface area contributed by atoms with Crippen LogP contribution in [0.2, 0.25) is 0 Å². The minimum Gasteiger partial charge on any atom is -0.322 e. The molecule has 0 unspecified atom stereocenters. The Morgan fingerprint density at radius 1 is 0.968 bits per heavy atom. The molecule has 0 bridgehead atoms. The highest BCUT2D eigenvalue weighted by Crippen LogP contribution is 2.24. The number of carbonyl (C=O) groups is 2. The van der Waals surface area contributed by atoms with Gasteiger partial charge in [-0.05, 0) is 37.6 Å². The number of rotatable bonds is 5. The minimum absolute atomic E-state index is 0.155. The number of nitrogens with one attached hydrogen (secondary N) is 2. The molecule has 31 heavy (non-hydrogen) atoms. The molecule has 1 aliphatic rings. The average molecular weight is 413 g/mol. The molecule has 0 fully saturated rings. The summed E-state index contributed by atoms with van der Waals surface area (Å²) in [5, 5.41) is 10.3. The van der Waals surface area contributed by atoms with Crippen LogP contribution in [-0.2, 0) is 11.8 Å². The Morgan fingerprint density at radius 3 is 2.42 bits per heavy atom. The van der Waals surface area contributed by atoms with Crippen molar-refractivity contribution in [2.45, 2.75) is 13.3 Å². The van der Waals surface area contributed by atoms with E-state index in [1.54, 1.807) is 23.9 Å². The maximum Gasteiger partial charge on any atom is 0.257 e. The Kier molecular flexibility index (Phi) is 5.75. The molecule has 0 spiro atoms. The summed E-state index contributed by atoms with van der Waals surface area (Å²) < 4.78 is 1.63. The van der Waals surface area contributed by atoms with Crippen LogP contribution >= 0.6 is 0 Å². The molecule has 2 amide bonds. The van der Waals surface area contributed by atoms with E-state index in [9.17, 15) is 9.59 Å². The third kappa shape index (κ3) is 4.61. The number of aromatic nitrogens is 2. The van der Waals surface area contributed by atoms with Crippen molar-refractivity contribution in [1.82, 2.24) is 9.78 Å². The van der Waals surface area contributed by atoms with E-state index in [0.29, 0.717) is 22.6 Å². The zero-order valence-electron chi connectivity index (χ0n) is 17.4. The molecule has 0 aliphatic carbocycles. The standard InChI is InChI=1S/C24H23N5O2/c1-16-20(9-6-14-25-16)24(31)26-19-12-10-17(11-13-19)21-15-22(29(2)28-21)27-23(30)18-7-4-3-5-8-18/h3-5,7-13,15H,6,14H2,1-2H3,(H,26,31)(H,27,30). The Hall–Kier alpha value is -4.00. The van der Waals surface area contributed by atoms with Crippen molar-refractivity contribution in [3.8, 4) is 11.3 Å². The third-order valence-electron chi connectivity index (χ3n) is 5.06. The molecule has 0 radical (unpaired) electrons. The fourth-order valence-corrected chi connectivity index (χ4v) is 3.36. The number of dihydropyridines is 1. The first-order valence-corrected chi connectivity index (χ1v) is 10.0. The fourth-order valence-electron chi connectivity index (χ4n) is 3.36. The second-order valence-electron chi connectivity index (χ2n) is 7.26. The lowest BCUT2D eigenvalue weighted by Crippen LogP contribution is -2.21. The molecule has 4 rings (SSSR count). The van der Waals surface area contributed by atoms with Crippen molar-refractivity contribution in [3.63, 3.8) is 0 Å². The Labute approximate surface area is 180 Å². The molecule has 1 aliphatic heterocycles. The van der Waals surface area contributed by atoms with Crippen molar-refractivity contribution in [2.24, 2.45) is 12.0 Å². The zero-order valence-corrected chi connectivity index (χ0v) is 17.4. The van der Waals surface area contributed by atoms with Gasteiger partial charge in [-0.2, -0.15) is 5.10 Å². The van der Waals surface area contributed by atoms with Gasteiger partial charge in [0.25, 0.3) is 11.8 Å². The summed E-state index contributed by atoms with van der Waals surface area (Å²) in [5.41, 5.74) is 4.27. The second kappa shape index (κ2) is 8.79. The molecule has 2 N–H and O–H groups in total. The lowest BCUT2D eigenvalue weighted by Gasteiger charge is -2.12. The van der Waals surface area contributed by atoms with Crippen LogP contribution in [0.4, 0.5) is 11.5 Å². The largest absolute Gasteiger partial charge is 0.322 e. The van der Waals surface area contributed by atoms with Gasteiger partial charge in [0.15, 0.2) is 0 Å². The van der Waals surface area contributed by atoms with E-state index in [4.69, 9.17) is 0 Å². The van der Waals surface area contributed by atoms with E-state index in [2.05, 4.69) is 20.7 Å². The number of anilines is 2. The highest BCUT2D eigenvalue weighted by molar-refractivity contribution is 6.24. The van der Waals surface area contributed by atoms with Crippen LogP contribution in [0.25, 0.3) is 11.3 Å². The van der Waals surface area contributed by atoms with Gasteiger partial charge in [-0.15, -0.1) is 0 Å². The number of hydrogen-bond donors (Lipinski definition) is 2. The maximum absolute atomic E-state index is 12.5. The average Bonchev–Trinajstić information content (AvgIpc) is 3.15. The lowest BCUT2D eigenvalue weighted by molar-refractivity contribution is -0.112. The molecule has 156 valence electrons. The van der Waals surface area contributed by atoms with Crippen LogP contribution in [0.15, 0.2) is 77.3 Å². The Bertz CT molecular complexity index is 1170. The van der Waals surface area contributed by atoms with E-state index in [1.165, 1.54) is 0 Å². The molecule has 7 nitrogen and oxygen atoms in total. The zero-order chi connectivity index (χ0) is 21.8. The normalized spacial score (nSPS) is 13.2. The second-order valence-corrected chi connectivity index (χ2v) is 7.26. The lowest BCUT2D eigenvalue weighted by atomic mass is 10.1. The minimum atomic E-state index is -0.191. The molecule has 7 heteroatoms. The molecule has 3 aromatic rings. The highest BCUT2D eigenvalue weighted by Gasteiger charge is 2.15. The third-order valence-corrected chi connectivity index (χ3v) is 5.06. The fraction of sp³-hybridized carbons (Fsp3) is 0.167. The molecule has 1 aromatic heterocycles. The molecule has 0 saturated heterocycles. The van der Waals surface area contributed by atoms with Crippen LogP contribution < -0.4 is 10.6 Å². The molecule has 2 aromatic carbocycles. The number of hydrogen-bond acceptors (Lipinski definition) is 4. The Balaban J connectivity index is 1.45. The SMILES string of the molecule is CC1=NCCC=C1C(=O)Nc1ccc(-c2cc(NC(=O)c3ccccc3)n(C)n2)cc1. The summed E-state index contributed by atoms with van der Waals surface area (Å²) >= 11 is 0. The Morgan fingerprint density at radius 2 is 1.71 bits per heavy atom. The molecular weight excluding hydrogens is 390 g/mol. The van der Waals surface area contributed by atoms with E-state index in [-0.39, 0.29) is 11.8 Å². The monoisotopic (exact) mass is 413 g/mol. The van der Waals surface area contributed by atoms with Gasteiger partial charge in [-0.3, -0.25) is 19.3 Å². The van der Waals surface area contributed by atoms with Crippen LogP contribution in [0, 0.1) is 0 Å². The van der Waals surface area contributed by atoms with E-state index < -0.39 is 0 Å². The van der Waals surface area contributed by atoms with E-state index >= 15 is 0 Å². The summed E-state index contributed by atoms with van der Waals surface area (Å²) in [6, 6.07) is 18.3. The van der Waals surface area contributed by atoms with E-state index in [1.807, 2.05) is 61.5 Å². The predicted octanol–water partition coefficient (Wildman–Crippen LogP) is 4.07. The summed E-state index contributed by atoms with van der Waals surface area (Å²) in [7, 11) is 1.78. The maximum atomic E-state index is 12.5. The predicted molar refractivity (Wildman–Crippen MR) is 122 cm³/mol. The van der Waals surface area contributed by atoms with Gasteiger partial charge in [0, 0.05) is 42.2 Å². The quantitative estimate of drug-likeness (QED) is 0.661. The topological polar surface area (TPSA) is 88.4 Å². The first-order chi connectivity index (χ1) is 15.0. The molecule has 0 atom stereocenters. The molecule has 2 heterocycles. The number of carbonyl (C=O) groups excluding carboxylic acids is 2. The molecular formula is C24H23N5O2.